The number of rotatable bonds is 4. The van der Waals surface area contributed by atoms with Crippen LogP contribution in [0, 0.1) is 0 Å². The summed E-state index contributed by atoms with van der Waals surface area (Å²) in [6.45, 7) is 5.44. The topological polar surface area (TPSA) is 12.0 Å². The highest BCUT2D eigenvalue weighted by molar-refractivity contribution is 9.10. The van der Waals surface area contributed by atoms with Crippen LogP contribution < -0.4 is 5.32 Å². The summed E-state index contributed by atoms with van der Waals surface area (Å²) in [6.07, 6.45) is 0. The smallest absolute Gasteiger partial charge is 0.0387 e. The van der Waals surface area contributed by atoms with E-state index in [-0.39, 0.29) is 5.41 Å². The molecule has 0 aliphatic heterocycles. The zero-order chi connectivity index (χ0) is 9.90. The van der Waals surface area contributed by atoms with Crippen LogP contribution in [-0.2, 0) is 5.41 Å². The second kappa shape index (κ2) is 4.82. The number of halogens is 1. The number of nitrogens with one attached hydrogen (secondary N) is 1. The fraction of sp³-hybridized carbons (Fsp3) is 0.556. The van der Waals surface area contributed by atoms with E-state index >= 15 is 0 Å². The Morgan fingerprint density at radius 3 is 2.77 bits per heavy atom. The second-order valence-corrected chi connectivity index (χ2v) is 5.74. The van der Waals surface area contributed by atoms with Gasteiger partial charge in [-0.25, -0.2) is 0 Å². The van der Waals surface area contributed by atoms with Crippen molar-refractivity contribution in [2.45, 2.75) is 19.3 Å². The van der Waals surface area contributed by atoms with Crippen molar-refractivity contribution in [1.29, 1.82) is 0 Å². The van der Waals surface area contributed by atoms with Crippen LogP contribution in [0.1, 0.15) is 18.7 Å². The van der Waals surface area contributed by atoms with E-state index in [9.17, 15) is 0 Å². The van der Waals surface area contributed by atoms with Gasteiger partial charge in [-0.1, -0.05) is 13.8 Å². The van der Waals surface area contributed by atoms with Gasteiger partial charge in [0.05, 0.1) is 0 Å². The number of thiol groups is 1. The summed E-state index contributed by atoms with van der Waals surface area (Å²) in [6, 6.07) is 2.19. The minimum absolute atomic E-state index is 0.194. The second-order valence-electron chi connectivity index (χ2n) is 3.60. The van der Waals surface area contributed by atoms with Gasteiger partial charge in [0.15, 0.2) is 0 Å². The zero-order valence-electron chi connectivity index (χ0n) is 7.80. The van der Waals surface area contributed by atoms with Gasteiger partial charge in [-0.05, 0) is 22.0 Å². The van der Waals surface area contributed by atoms with Crippen molar-refractivity contribution in [3.05, 3.63) is 20.8 Å². The summed E-state index contributed by atoms with van der Waals surface area (Å²) in [7, 11) is 0. The first kappa shape index (κ1) is 11.6. The highest BCUT2D eigenvalue weighted by atomic mass is 79.9. The molecule has 0 bridgehead atoms. The van der Waals surface area contributed by atoms with Crippen molar-refractivity contribution >= 4 is 39.9 Å². The molecule has 0 unspecified atom stereocenters. The molecule has 0 radical (unpaired) electrons. The average Bonchev–Trinajstić information content (AvgIpc) is 2.49. The number of hydrogen-bond acceptors (Lipinski definition) is 3. The molecule has 0 aliphatic rings. The van der Waals surface area contributed by atoms with Crippen molar-refractivity contribution in [3.8, 4) is 0 Å². The molecule has 1 N–H and O–H groups in total. The molecule has 4 heteroatoms. The number of thiophene rings is 1. The van der Waals surface area contributed by atoms with Gasteiger partial charge in [0.2, 0.25) is 0 Å². The van der Waals surface area contributed by atoms with Crippen LogP contribution in [0.4, 0.5) is 0 Å². The molecule has 0 spiro atoms. The highest BCUT2D eigenvalue weighted by Crippen LogP contribution is 2.30. The predicted octanol–water partition coefficient (Wildman–Crippen LogP) is 3.27. The molecule has 0 amide bonds. The Bertz CT molecular complexity index is 270. The van der Waals surface area contributed by atoms with E-state index in [1.165, 1.54) is 9.35 Å². The van der Waals surface area contributed by atoms with E-state index in [1.807, 2.05) is 0 Å². The van der Waals surface area contributed by atoms with Gasteiger partial charge in [0.1, 0.15) is 0 Å². The lowest BCUT2D eigenvalue weighted by Gasteiger charge is -2.23. The van der Waals surface area contributed by atoms with Crippen LogP contribution in [-0.4, -0.2) is 12.4 Å². The molecule has 0 saturated carbocycles. The molecule has 0 atom stereocenters. The van der Waals surface area contributed by atoms with Crippen molar-refractivity contribution in [1.82, 2.24) is 5.32 Å². The summed E-state index contributed by atoms with van der Waals surface area (Å²) in [5, 5.41) is 5.37. The Balaban J connectivity index is 2.68. The molecule has 0 fully saturated rings. The maximum Gasteiger partial charge on any atom is 0.0387 e. The van der Waals surface area contributed by atoms with Crippen molar-refractivity contribution in [3.63, 3.8) is 0 Å². The van der Waals surface area contributed by atoms with Gasteiger partial charge in [-0.15, -0.1) is 11.3 Å². The summed E-state index contributed by atoms with van der Waals surface area (Å²) >= 11 is 9.40. The van der Waals surface area contributed by atoms with Crippen molar-refractivity contribution in [2.24, 2.45) is 0 Å². The molecule has 0 saturated heterocycles. The zero-order valence-corrected chi connectivity index (χ0v) is 11.1. The number of hydrogen-bond donors (Lipinski definition) is 2. The third kappa shape index (κ3) is 3.27. The Morgan fingerprint density at radius 1 is 1.62 bits per heavy atom. The van der Waals surface area contributed by atoms with E-state index in [2.05, 4.69) is 59.2 Å². The maximum absolute atomic E-state index is 4.13. The van der Waals surface area contributed by atoms with E-state index in [0.717, 1.165) is 12.4 Å². The molecule has 13 heavy (non-hydrogen) atoms. The lowest BCUT2D eigenvalue weighted by molar-refractivity contribution is 0.499. The van der Waals surface area contributed by atoms with Gasteiger partial charge >= 0.3 is 0 Å². The van der Waals surface area contributed by atoms with Gasteiger partial charge in [0.25, 0.3) is 0 Å². The van der Waals surface area contributed by atoms with Gasteiger partial charge in [-0.2, -0.15) is 12.6 Å². The van der Waals surface area contributed by atoms with Crippen LogP contribution in [0.15, 0.2) is 15.9 Å². The summed E-state index contributed by atoms with van der Waals surface area (Å²) in [5.74, 6) is 0.732. The Morgan fingerprint density at radius 2 is 2.31 bits per heavy atom. The van der Waals surface area contributed by atoms with Gasteiger partial charge in [-0.3, -0.25) is 0 Å². The standard InChI is InChI=1S/C9H14BrNS2/c1-9(2,5-11-6-12)8-3-7(10)4-13-8/h3-4,11-12H,5-6H2,1-2H3. The van der Waals surface area contributed by atoms with E-state index in [0.29, 0.717) is 0 Å². The molecule has 0 aliphatic carbocycles. The third-order valence-electron chi connectivity index (χ3n) is 1.91. The molecule has 1 heterocycles. The summed E-state index contributed by atoms with van der Waals surface area (Å²) < 4.78 is 1.17. The molecule has 1 nitrogen and oxygen atoms in total. The molecule has 1 aromatic rings. The van der Waals surface area contributed by atoms with Crippen LogP contribution in [0.5, 0.6) is 0 Å². The third-order valence-corrected chi connectivity index (χ3v) is 4.19. The van der Waals surface area contributed by atoms with E-state index in [4.69, 9.17) is 0 Å². The van der Waals surface area contributed by atoms with Crippen molar-refractivity contribution < 1.29 is 0 Å². The Kier molecular flexibility index (Phi) is 4.29. The minimum atomic E-state index is 0.194. The molecule has 74 valence electrons. The Labute approximate surface area is 97.5 Å². The monoisotopic (exact) mass is 279 g/mol. The normalized spacial score (nSPS) is 12.0. The average molecular weight is 280 g/mol. The summed E-state index contributed by atoms with van der Waals surface area (Å²) in [5.41, 5.74) is 0.194. The van der Waals surface area contributed by atoms with Gasteiger partial charge < -0.3 is 5.32 Å². The van der Waals surface area contributed by atoms with E-state index < -0.39 is 0 Å². The molecular formula is C9H14BrNS2. The highest BCUT2D eigenvalue weighted by Gasteiger charge is 2.21. The first-order valence-corrected chi connectivity index (χ1v) is 6.43. The maximum atomic E-state index is 4.13. The molecular weight excluding hydrogens is 266 g/mol. The van der Waals surface area contributed by atoms with E-state index in [1.54, 1.807) is 11.3 Å². The SMILES string of the molecule is CC(C)(CNCS)c1cc(Br)cs1. The molecule has 1 rings (SSSR count). The first-order chi connectivity index (χ1) is 6.06. The van der Waals surface area contributed by atoms with Crippen LogP contribution in [0.2, 0.25) is 0 Å². The quantitative estimate of drug-likeness (QED) is 0.637. The lowest BCUT2D eigenvalue weighted by atomic mass is 9.92. The van der Waals surface area contributed by atoms with Gasteiger partial charge in [0, 0.05) is 32.6 Å². The fourth-order valence-electron chi connectivity index (χ4n) is 1.12. The molecule has 0 aromatic carbocycles. The summed E-state index contributed by atoms with van der Waals surface area (Å²) in [4.78, 5) is 1.40. The van der Waals surface area contributed by atoms with Crippen LogP contribution in [0.3, 0.4) is 0 Å². The van der Waals surface area contributed by atoms with Crippen LogP contribution in [0.25, 0.3) is 0 Å². The largest absolute Gasteiger partial charge is 0.307 e. The van der Waals surface area contributed by atoms with Crippen LogP contribution >= 0.6 is 39.9 Å². The minimum Gasteiger partial charge on any atom is -0.307 e. The Hall–Kier alpha value is 0.490. The first-order valence-electron chi connectivity index (χ1n) is 4.12. The fourth-order valence-corrected chi connectivity index (χ4v) is 2.79. The molecule has 1 aromatic heterocycles. The predicted molar refractivity (Wildman–Crippen MR) is 66.9 cm³/mol. The lowest BCUT2D eigenvalue weighted by Crippen LogP contribution is -2.31. The van der Waals surface area contributed by atoms with Crippen molar-refractivity contribution in [2.75, 3.05) is 12.4 Å².